The molecule has 1 aromatic rings. The Bertz CT molecular complexity index is 378. The predicted molar refractivity (Wildman–Crippen MR) is 76.8 cm³/mol. The second-order valence-corrected chi connectivity index (χ2v) is 4.97. The molecule has 0 bridgehead atoms. The summed E-state index contributed by atoms with van der Waals surface area (Å²) in [6, 6.07) is 5.94. The molecule has 108 valence electrons. The Kier molecular flexibility index (Phi) is 6.67. The van der Waals surface area contributed by atoms with Crippen molar-refractivity contribution in [2.45, 2.75) is 45.9 Å². The van der Waals surface area contributed by atoms with E-state index in [2.05, 4.69) is 5.32 Å². The quantitative estimate of drug-likeness (QED) is 0.710. The zero-order chi connectivity index (χ0) is 14.3. The molecular formula is C15H25NO3. The minimum atomic E-state index is -0.260. The van der Waals surface area contributed by atoms with E-state index >= 15 is 0 Å². The van der Waals surface area contributed by atoms with E-state index in [0.717, 1.165) is 36.6 Å². The first-order chi connectivity index (χ1) is 9.02. The van der Waals surface area contributed by atoms with Crippen molar-refractivity contribution in [1.82, 2.24) is 5.32 Å². The van der Waals surface area contributed by atoms with Crippen molar-refractivity contribution in [3.63, 3.8) is 0 Å². The third-order valence-corrected chi connectivity index (χ3v) is 2.66. The van der Waals surface area contributed by atoms with Crippen LogP contribution in [0.5, 0.6) is 11.5 Å². The number of rotatable bonds is 8. The van der Waals surface area contributed by atoms with Gasteiger partial charge in [0.15, 0.2) is 11.5 Å². The van der Waals surface area contributed by atoms with Crippen molar-refractivity contribution >= 4 is 0 Å². The molecule has 0 amide bonds. The molecule has 0 aliphatic heterocycles. The van der Waals surface area contributed by atoms with E-state index in [4.69, 9.17) is 9.47 Å². The van der Waals surface area contributed by atoms with E-state index in [9.17, 15) is 5.11 Å². The van der Waals surface area contributed by atoms with Crippen LogP contribution < -0.4 is 14.8 Å². The van der Waals surface area contributed by atoms with E-state index in [1.165, 1.54) is 0 Å². The van der Waals surface area contributed by atoms with Crippen molar-refractivity contribution < 1.29 is 14.6 Å². The van der Waals surface area contributed by atoms with Crippen LogP contribution in [-0.2, 0) is 6.54 Å². The third-order valence-electron chi connectivity index (χ3n) is 2.66. The average Bonchev–Trinajstić information content (AvgIpc) is 2.35. The molecule has 0 saturated heterocycles. The highest BCUT2D eigenvalue weighted by Gasteiger charge is 2.07. The van der Waals surface area contributed by atoms with Crippen LogP contribution in [0, 0.1) is 0 Å². The highest BCUT2D eigenvalue weighted by Crippen LogP contribution is 2.28. The van der Waals surface area contributed by atoms with Gasteiger partial charge in [0.25, 0.3) is 0 Å². The van der Waals surface area contributed by atoms with Gasteiger partial charge in [-0.2, -0.15) is 0 Å². The number of aliphatic hydroxyl groups excluding tert-OH is 1. The van der Waals surface area contributed by atoms with E-state index < -0.39 is 0 Å². The first kappa shape index (κ1) is 15.8. The molecule has 1 rings (SSSR count). The Labute approximate surface area is 115 Å². The fraction of sp³-hybridized carbons (Fsp3) is 0.600. The van der Waals surface area contributed by atoms with Gasteiger partial charge >= 0.3 is 0 Å². The Morgan fingerprint density at radius 1 is 1.21 bits per heavy atom. The zero-order valence-corrected chi connectivity index (χ0v) is 12.3. The first-order valence-corrected chi connectivity index (χ1v) is 6.75. The summed E-state index contributed by atoms with van der Waals surface area (Å²) in [5.74, 6) is 1.52. The van der Waals surface area contributed by atoms with Crippen molar-refractivity contribution in [1.29, 1.82) is 0 Å². The largest absolute Gasteiger partial charge is 0.493 e. The topological polar surface area (TPSA) is 50.7 Å². The molecule has 4 nitrogen and oxygen atoms in total. The molecule has 0 radical (unpaired) electrons. The monoisotopic (exact) mass is 267 g/mol. The summed E-state index contributed by atoms with van der Waals surface area (Å²) in [5.41, 5.74) is 1.14. The van der Waals surface area contributed by atoms with Gasteiger partial charge in [-0.25, -0.2) is 0 Å². The highest BCUT2D eigenvalue weighted by molar-refractivity contribution is 5.43. The summed E-state index contributed by atoms with van der Waals surface area (Å²) in [7, 11) is 1.65. The highest BCUT2D eigenvalue weighted by atomic mass is 16.5. The lowest BCUT2D eigenvalue weighted by Crippen LogP contribution is -2.18. The Balaban J connectivity index is 2.56. The van der Waals surface area contributed by atoms with Crippen molar-refractivity contribution in [3.05, 3.63) is 23.8 Å². The summed E-state index contributed by atoms with van der Waals surface area (Å²) in [6.07, 6.45) is 0.624. The standard InChI is InChI=1S/C15H25NO3/c1-11(2)19-14-6-5-13(9-15(14)18-4)10-16-8-7-12(3)17/h5-6,9,11-12,16-17H,7-8,10H2,1-4H3. The number of methoxy groups -OCH3 is 1. The lowest BCUT2D eigenvalue weighted by molar-refractivity contribution is 0.183. The summed E-state index contributed by atoms with van der Waals surface area (Å²) >= 11 is 0. The number of ether oxygens (including phenoxy) is 2. The van der Waals surface area contributed by atoms with Crippen LogP contribution in [-0.4, -0.2) is 31.0 Å². The van der Waals surface area contributed by atoms with Crippen molar-refractivity contribution in [2.24, 2.45) is 0 Å². The van der Waals surface area contributed by atoms with Crippen LogP contribution in [0.4, 0.5) is 0 Å². The normalized spacial score (nSPS) is 12.5. The third kappa shape index (κ3) is 5.94. The van der Waals surface area contributed by atoms with E-state index in [1.807, 2.05) is 32.0 Å². The molecule has 4 heteroatoms. The van der Waals surface area contributed by atoms with Gasteiger partial charge in [0.1, 0.15) is 0 Å². The van der Waals surface area contributed by atoms with Gasteiger partial charge in [-0.05, 0) is 51.4 Å². The summed E-state index contributed by atoms with van der Waals surface area (Å²) in [5, 5.41) is 12.5. The van der Waals surface area contributed by atoms with Gasteiger partial charge in [0.05, 0.1) is 19.3 Å². The molecule has 2 N–H and O–H groups in total. The summed E-state index contributed by atoms with van der Waals surface area (Å²) in [6.45, 7) is 7.33. The first-order valence-electron chi connectivity index (χ1n) is 6.75. The Hall–Kier alpha value is -1.26. The van der Waals surface area contributed by atoms with Gasteiger partial charge in [-0.1, -0.05) is 6.07 Å². The van der Waals surface area contributed by atoms with Gasteiger partial charge in [0, 0.05) is 6.54 Å². The second kappa shape index (κ2) is 8.02. The Morgan fingerprint density at radius 3 is 2.53 bits per heavy atom. The molecular weight excluding hydrogens is 242 g/mol. The molecule has 0 aliphatic carbocycles. The molecule has 1 aromatic carbocycles. The van der Waals surface area contributed by atoms with Crippen LogP contribution in [0.25, 0.3) is 0 Å². The minimum Gasteiger partial charge on any atom is -0.493 e. The number of nitrogens with one attached hydrogen (secondary N) is 1. The molecule has 0 spiro atoms. The molecule has 0 aromatic heterocycles. The van der Waals surface area contributed by atoms with Crippen LogP contribution in [0.15, 0.2) is 18.2 Å². The van der Waals surface area contributed by atoms with Crippen LogP contribution in [0.2, 0.25) is 0 Å². The van der Waals surface area contributed by atoms with Gasteiger partial charge < -0.3 is 19.9 Å². The smallest absolute Gasteiger partial charge is 0.161 e. The maximum absolute atomic E-state index is 9.18. The van der Waals surface area contributed by atoms with E-state index in [0.29, 0.717) is 0 Å². The lowest BCUT2D eigenvalue weighted by atomic mass is 10.2. The van der Waals surface area contributed by atoms with E-state index in [-0.39, 0.29) is 12.2 Å². The Morgan fingerprint density at radius 2 is 1.95 bits per heavy atom. The molecule has 0 aliphatic rings. The summed E-state index contributed by atoms with van der Waals surface area (Å²) < 4.78 is 11.0. The molecule has 0 heterocycles. The SMILES string of the molecule is COc1cc(CNCCC(C)O)ccc1OC(C)C. The number of hydrogen-bond donors (Lipinski definition) is 2. The maximum atomic E-state index is 9.18. The zero-order valence-electron chi connectivity index (χ0n) is 12.3. The molecule has 1 unspecified atom stereocenters. The molecule has 0 saturated carbocycles. The van der Waals surface area contributed by atoms with Gasteiger partial charge in [0.2, 0.25) is 0 Å². The average molecular weight is 267 g/mol. The van der Waals surface area contributed by atoms with Crippen LogP contribution >= 0.6 is 0 Å². The number of hydrogen-bond acceptors (Lipinski definition) is 4. The number of aliphatic hydroxyl groups is 1. The van der Waals surface area contributed by atoms with Crippen LogP contribution in [0.3, 0.4) is 0 Å². The fourth-order valence-corrected chi connectivity index (χ4v) is 1.72. The van der Waals surface area contributed by atoms with E-state index in [1.54, 1.807) is 14.0 Å². The maximum Gasteiger partial charge on any atom is 0.161 e. The van der Waals surface area contributed by atoms with Crippen molar-refractivity contribution in [3.8, 4) is 11.5 Å². The molecule has 0 fully saturated rings. The molecule has 1 atom stereocenters. The minimum absolute atomic E-state index is 0.129. The van der Waals surface area contributed by atoms with Crippen LogP contribution in [0.1, 0.15) is 32.8 Å². The van der Waals surface area contributed by atoms with Gasteiger partial charge in [-0.3, -0.25) is 0 Å². The summed E-state index contributed by atoms with van der Waals surface area (Å²) in [4.78, 5) is 0. The molecule has 19 heavy (non-hydrogen) atoms. The van der Waals surface area contributed by atoms with Crippen molar-refractivity contribution in [2.75, 3.05) is 13.7 Å². The number of benzene rings is 1. The van der Waals surface area contributed by atoms with Gasteiger partial charge in [-0.15, -0.1) is 0 Å². The predicted octanol–water partition coefficient (Wildman–Crippen LogP) is 2.34. The lowest BCUT2D eigenvalue weighted by Gasteiger charge is -2.15. The fourth-order valence-electron chi connectivity index (χ4n) is 1.72. The second-order valence-electron chi connectivity index (χ2n) is 4.97.